The minimum Gasteiger partial charge on any atom is -0.493 e. The van der Waals surface area contributed by atoms with Gasteiger partial charge in [-0.2, -0.15) is 5.10 Å². The Morgan fingerprint density at radius 1 is 1.18 bits per heavy atom. The monoisotopic (exact) mass is 452 g/mol. The first-order valence-corrected chi connectivity index (χ1v) is 11.3. The lowest BCUT2D eigenvalue weighted by Gasteiger charge is -2.32. The number of carbonyl (C=O) groups excluding carboxylic acids is 2. The van der Waals surface area contributed by atoms with Crippen molar-refractivity contribution in [2.24, 2.45) is 10.8 Å². The van der Waals surface area contributed by atoms with Gasteiger partial charge < -0.3 is 20.5 Å². The third kappa shape index (κ3) is 6.71. The lowest BCUT2D eigenvalue weighted by Crippen LogP contribution is -2.44. The highest BCUT2D eigenvalue weighted by Crippen LogP contribution is 2.28. The lowest BCUT2D eigenvalue weighted by molar-refractivity contribution is -0.122. The smallest absolute Gasteiger partial charge is 0.248 e. The molecule has 0 spiro atoms. The summed E-state index contributed by atoms with van der Waals surface area (Å²) in [4.78, 5) is 24.2. The fourth-order valence-corrected chi connectivity index (χ4v) is 3.62. The van der Waals surface area contributed by atoms with Crippen molar-refractivity contribution in [2.45, 2.75) is 45.1 Å². The second kappa shape index (κ2) is 11.9. The molecule has 1 aliphatic rings. The molecule has 0 bridgehead atoms. The number of primary amides is 1. The quantitative estimate of drug-likeness (QED) is 0.421. The number of piperidine rings is 1. The van der Waals surface area contributed by atoms with Gasteiger partial charge in [-0.1, -0.05) is 13.3 Å². The van der Waals surface area contributed by atoms with E-state index in [2.05, 4.69) is 17.3 Å². The van der Waals surface area contributed by atoms with Gasteiger partial charge in [0.15, 0.2) is 11.5 Å². The van der Waals surface area contributed by atoms with Gasteiger partial charge in [0, 0.05) is 17.8 Å². The number of nitrogens with zero attached hydrogens (tertiary/aromatic N) is 2. The summed E-state index contributed by atoms with van der Waals surface area (Å²) in [6, 6.07) is 11.8. The molecule has 0 aliphatic carbocycles. The Labute approximate surface area is 194 Å². The first-order chi connectivity index (χ1) is 16.0. The Bertz CT molecular complexity index is 975. The van der Waals surface area contributed by atoms with Crippen LogP contribution in [0.15, 0.2) is 47.6 Å². The number of rotatable bonds is 10. The number of nitrogens with one attached hydrogen (secondary N) is 1. The van der Waals surface area contributed by atoms with Gasteiger partial charge >= 0.3 is 0 Å². The summed E-state index contributed by atoms with van der Waals surface area (Å²) in [6.45, 7) is 3.44. The number of carbonyl (C=O) groups is 2. The number of hydrazone groups is 1. The van der Waals surface area contributed by atoms with Crippen molar-refractivity contribution in [3.63, 3.8) is 0 Å². The molecule has 2 amide bonds. The minimum absolute atomic E-state index is 0.128. The molecule has 1 fully saturated rings. The van der Waals surface area contributed by atoms with E-state index in [1.807, 2.05) is 23.2 Å². The fourth-order valence-electron chi connectivity index (χ4n) is 3.62. The second-order valence-corrected chi connectivity index (χ2v) is 7.96. The number of unbranched alkanes of at least 4 members (excludes halogenated alkanes) is 1. The molecule has 33 heavy (non-hydrogen) atoms. The highest BCUT2D eigenvalue weighted by atomic mass is 16.5. The zero-order chi connectivity index (χ0) is 23.6. The summed E-state index contributed by atoms with van der Waals surface area (Å²) >= 11 is 0. The number of ether oxygens (including phenoxy) is 2. The van der Waals surface area contributed by atoms with Crippen LogP contribution >= 0.6 is 0 Å². The van der Waals surface area contributed by atoms with Crippen LogP contribution in [0.3, 0.4) is 0 Å². The van der Waals surface area contributed by atoms with E-state index >= 15 is 0 Å². The molecule has 1 saturated heterocycles. The molecule has 1 unspecified atom stereocenters. The molecule has 1 atom stereocenters. The van der Waals surface area contributed by atoms with Crippen molar-refractivity contribution in [3.05, 3.63) is 53.6 Å². The maximum atomic E-state index is 12.9. The highest BCUT2D eigenvalue weighted by Gasteiger charge is 2.28. The van der Waals surface area contributed by atoms with Gasteiger partial charge in [-0.3, -0.25) is 14.6 Å². The maximum absolute atomic E-state index is 12.9. The molecule has 176 valence electrons. The van der Waals surface area contributed by atoms with Gasteiger partial charge in [0.2, 0.25) is 11.8 Å². The molecule has 0 radical (unpaired) electrons. The first-order valence-electron chi connectivity index (χ1n) is 11.3. The fraction of sp³-hybridized carbons (Fsp3) is 0.400. The second-order valence-electron chi connectivity index (χ2n) is 7.96. The zero-order valence-electron chi connectivity index (χ0n) is 19.3. The highest BCUT2D eigenvalue weighted by molar-refractivity contribution is 5.96. The van der Waals surface area contributed by atoms with Gasteiger partial charge in [0.1, 0.15) is 6.04 Å². The third-order valence-corrected chi connectivity index (χ3v) is 5.51. The van der Waals surface area contributed by atoms with Crippen LogP contribution < -0.4 is 20.5 Å². The summed E-state index contributed by atoms with van der Waals surface area (Å²) in [5.41, 5.74) is 7.16. The van der Waals surface area contributed by atoms with Crippen LogP contribution in [-0.4, -0.2) is 49.3 Å². The lowest BCUT2D eigenvalue weighted by atomic mass is 10.0. The van der Waals surface area contributed by atoms with E-state index in [-0.39, 0.29) is 11.9 Å². The molecule has 0 aromatic heterocycles. The Balaban J connectivity index is 1.68. The van der Waals surface area contributed by atoms with E-state index < -0.39 is 5.91 Å². The molecule has 1 heterocycles. The topological polar surface area (TPSA) is 106 Å². The Kier molecular flexibility index (Phi) is 8.69. The van der Waals surface area contributed by atoms with Crippen LogP contribution in [0.25, 0.3) is 0 Å². The summed E-state index contributed by atoms with van der Waals surface area (Å²) in [5, 5.41) is 9.37. The summed E-state index contributed by atoms with van der Waals surface area (Å²) in [7, 11) is 1.62. The van der Waals surface area contributed by atoms with E-state index in [0.717, 1.165) is 37.7 Å². The number of anilines is 1. The van der Waals surface area contributed by atoms with Gasteiger partial charge in [-0.05, 0) is 73.7 Å². The van der Waals surface area contributed by atoms with Gasteiger partial charge in [0.25, 0.3) is 0 Å². The zero-order valence-corrected chi connectivity index (χ0v) is 19.3. The summed E-state index contributed by atoms with van der Waals surface area (Å²) in [5.74, 6) is 0.734. The molecule has 3 N–H and O–H groups in total. The molecule has 8 heteroatoms. The average Bonchev–Trinajstić information content (AvgIpc) is 2.83. The van der Waals surface area contributed by atoms with E-state index in [1.165, 1.54) is 0 Å². The number of amides is 2. The SMILES string of the molecule is CCCCOc1cc(/C=N/N2CCCCC2C(=O)Nc2ccc(C(N)=O)cc2)ccc1OC. The van der Waals surface area contributed by atoms with Gasteiger partial charge in [-0.15, -0.1) is 0 Å². The number of hydrogen-bond donors (Lipinski definition) is 2. The van der Waals surface area contributed by atoms with Crippen LogP contribution in [0.4, 0.5) is 5.69 Å². The maximum Gasteiger partial charge on any atom is 0.248 e. The molecule has 0 saturated carbocycles. The van der Waals surface area contributed by atoms with E-state index in [9.17, 15) is 9.59 Å². The standard InChI is InChI=1S/C25H32N4O4/c1-3-4-15-33-23-16-18(8-13-22(23)32-2)17-27-29-14-6-5-7-21(29)25(31)28-20-11-9-19(10-12-20)24(26)30/h8-13,16-17,21H,3-7,14-15H2,1-2H3,(H2,26,30)(H,28,31)/b27-17+. The first kappa shape index (κ1) is 24.1. The normalized spacial score (nSPS) is 15.9. The van der Waals surface area contributed by atoms with Crippen molar-refractivity contribution in [2.75, 3.05) is 25.6 Å². The Morgan fingerprint density at radius 2 is 1.97 bits per heavy atom. The van der Waals surface area contributed by atoms with Crippen LogP contribution in [0.5, 0.6) is 11.5 Å². The summed E-state index contributed by atoms with van der Waals surface area (Å²) in [6.07, 6.45) is 6.43. The molecule has 8 nitrogen and oxygen atoms in total. The van der Waals surface area contributed by atoms with Crippen molar-refractivity contribution < 1.29 is 19.1 Å². The predicted octanol–water partition coefficient (Wildman–Crippen LogP) is 3.80. The molecule has 2 aromatic rings. The van der Waals surface area contributed by atoms with E-state index in [1.54, 1.807) is 37.6 Å². The molecule has 1 aliphatic heterocycles. The number of methoxy groups -OCH3 is 1. The van der Waals surface area contributed by atoms with E-state index in [0.29, 0.717) is 35.9 Å². The molecular formula is C25H32N4O4. The number of benzene rings is 2. The van der Waals surface area contributed by atoms with Gasteiger partial charge in [0.05, 0.1) is 19.9 Å². The Morgan fingerprint density at radius 3 is 2.67 bits per heavy atom. The van der Waals surface area contributed by atoms with Crippen molar-refractivity contribution in [1.82, 2.24) is 5.01 Å². The van der Waals surface area contributed by atoms with Crippen molar-refractivity contribution in [3.8, 4) is 11.5 Å². The van der Waals surface area contributed by atoms with Crippen LogP contribution in [-0.2, 0) is 4.79 Å². The largest absolute Gasteiger partial charge is 0.493 e. The van der Waals surface area contributed by atoms with Crippen LogP contribution in [0.2, 0.25) is 0 Å². The van der Waals surface area contributed by atoms with Crippen LogP contribution in [0, 0.1) is 0 Å². The van der Waals surface area contributed by atoms with Gasteiger partial charge in [-0.25, -0.2) is 0 Å². The minimum atomic E-state index is -0.502. The number of nitrogens with two attached hydrogens (primary N) is 1. The summed E-state index contributed by atoms with van der Waals surface area (Å²) < 4.78 is 11.2. The van der Waals surface area contributed by atoms with E-state index in [4.69, 9.17) is 15.2 Å². The average molecular weight is 453 g/mol. The van der Waals surface area contributed by atoms with Crippen molar-refractivity contribution in [1.29, 1.82) is 0 Å². The number of hydrogen-bond acceptors (Lipinski definition) is 6. The van der Waals surface area contributed by atoms with Crippen LogP contribution in [0.1, 0.15) is 54.9 Å². The Hall–Kier alpha value is -3.55. The molecular weight excluding hydrogens is 420 g/mol. The molecule has 3 rings (SSSR count). The van der Waals surface area contributed by atoms with Crippen molar-refractivity contribution >= 4 is 23.7 Å². The molecule has 2 aromatic carbocycles. The third-order valence-electron chi connectivity index (χ3n) is 5.51. The predicted molar refractivity (Wildman–Crippen MR) is 129 cm³/mol.